The lowest BCUT2D eigenvalue weighted by molar-refractivity contribution is 0.186. The molecule has 1 unspecified atom stereocenters. The lowest BCUT2D eigenvalue weighted by Gasteiger charge is -2.12. The third kappa shape index (κ3) is 5.12. The van der Waals surface area contributed by atoms with Gasteiger partial charge >= 0.3 is 0 Å². The minimum atomic E-state index is -3.25. The van der Waals surface area contributed by atoms with E-state index in [2.05, 4.69) is 4.98 Å². The fourth-order valence-corrected chi connectivity index (χ4v) is 3.12. The van der Waals surface area contributed by atoms with Gasteiger partial charge in [0.1, 0.15) is 21.8 Å². The lowest BCUT2D eigenvalue weighted by Crippen LogP contribution is -2.17. The number of aromatic nitrogens is 2. The summed E-state index contributed by atoms with van der Waals surface area (Å²) in [4.78, 5) is 4.07. The van der Waals surface area contributed by atoms with Gasteiger partial charge in [-0.15, -0.1) is 0 Å². The van der Waals surface area contributed by atoms with E-state index >= 15 is 0 Å². The van der Waals surface area contributed by atoms with Crippen LogP contribution in [0.2, 0.25) is 5.02 Å². The summed E-state index contributed by atoms with van der Waals surface area (Å²) in [6.45, 7) is 0.665. The predicted molar refractivity (Wildman–Crippen MR) is 86.7 cm³/mol. The van der Waals surface area contributed by atoms with Crippen molar-refractivity contribution in [3.8, 4) is 0 Å². The highest BCUT2D eigenvalue weighted by molar-refractivity contribution is 7.90. The molecular formula is C15H19ClN2O3S. The van der Waals surface area contributed by atoms with Crippen molar-refractivity contribution in [3.05, 3.63) is 53.1 Å². The number of aliphatic hydroxyl groups excluding tert-OH is 1. The molecule has 7 heteroatoms. The van der Waals surface area contributed by atoms with E-state index in [1.807, 2.05) is 24.3 Å². The monoisotopic (exact) mass is 342 g/mol. The number of sulfone groups is 1. The zero-order valence-corrected chi connectivity index (χ0v) is 13.9. The van der Waals surface area contributed by atoms with Crippen molar-refractivity contribution in [3.63, 3.8) is 0 Å². The van der Waals surface area contributed by atoms with Gasteiger partial charge < -0.3 is 9.67 Å². The first kappa shape index (κ1) is 17.0. The maximum absolute atomic E-state index is 11.3. The molecule has 1 aromatic carbocycles. The summed E-state index contributed by atoms with van der Waals surface area (Å²) in [6, 6.07) is 7.68. The Hall–Kier alpha value is -1.37. The molecule has 0 aliphatic heterocycles. The molecule has 2 aromatic rings. The standard InChI is InChI=1S/C15H19ClN2O3S/c1-22(20,21)11-14(19)15-17-8-10-18(15)9-2-3-12-4-6-13(16)7-5-12/h4-8,10,14,19H,2-3,9,11H2,1H3. The number of aliphatic hydroxyl groups is 1. The summed E-state index contributed by atoms with van der Waals surface area (Å²) in [6.07, 6.45) is 5.06. The molecule has 0 saturated carbocycles. The SMILES string of the molecule is CS(=O)(=O)CC(O)c1nccn1CCCc1ccc(Cl)cc1. The third-order valence-corrected chi connectivity index (χ3v) is 4.46. The van der Waals surface area contributed by atoms with Crippen molar-refractivity contribution < 1.29 is 13.5 Å². The second-order valence-electron chi connectivity index (χ2n) is 5.32. The van der Waals surface area contributed by atoms with Crippen LogP contribution in [0.25, 0.3) is 0 Å². The first-order chi connectivity index (χ1) is 10.3. The number of halogens is 1. The maximum atomic E-state index is 11.3. The molecule has 1 aromatic heterocycles. The van der Waals surface area contributed by atoms with Crippen molar-refractivity contribution >= 4 is 21.4 Å². The van der Waals surface area contributed by atoms with E-state index in [4.69, 9.17) is 11.6 Å². The Morgan fingerprint density at radius 1 is 1.32 bits per heavy atom. The normalized spacial score (nSPS) is 13.2. The van der Waals surface area contributed by atoms with Gasteiger partial charge in [-0.25, -0.2) is 13.4 Å². The van der Waals surface area contributed by atoms with Crippen molar-refractivity contribution in [2.24, 2.45) is 0 Å². The average molecular weight is 343 g/mol. The summed E-state index contributed by atoms with van der Waals surface area (Å²) in [7, 11) is -3.25. The Bertz CT molecular complexity index is 711. The Labute approximate surface area is 135 Å². The van der Waals surface area contributed by atoms with Crippen molar-refractivity contribution in [2.75, 3.05) is 12.0 Å². The van der Waals surface area contributed by atoms with Crippen LogP contribution in [0.5, 0.6) is 0 Å². The lowest BCUT2D eigenvalue weighted by atomic mass is 10.1. The van der Waals surface area contributed by atoms with E-state index in [-0.39, 0.29) is 5.75 Å². The van der Waals surface area contributed by atoms with E-state index in [0.29, 0.717) is 17.4 Å². The van der Waals surface area contributed by atoms with Gasteiger partial charge in [0.25, 0.3) is 0 Å². The molecule has 0 saturated heterocycles. The maximum Gasteiger partial charge on any atom is 0.150 e. The fraction of sp³-hybridized carbons (Fsp3) is 0.400. The van der Waals surface area contributed by atoms with E-state index in [9.17, 15) is 13.5 Å². The molecule has 0 radical (unpaired) electrons. The summed E-state index contributed by atoms with van der Waals surface area (Å²) in [5.74, 6) is 0.0721. The van der Waals surface area contributed by atoms with Crippen LogP contribution in [0.1, 0.15) is 23.9 Å². The van der Waals surface area contributed by atoms with E-state index in [1.54, 1.807) is 17.0 Å². The smallest absolute Gasteiger partial charge is 0.150 e. The van der Waals surface area contributed by atoms with Crippen LogP contribution in [0.4, 0.5) is 0 Å². The highest BCUT2D eigenvalue weighted by Gasteiger charge is 2.18. The van der Waals surface area contributed by atoms with Crippen LogP contribution >= 0.6 is 11.6 Å². The summed E-state index contributed by atoms with van der Waals surface area (Å²) in [5.41, 5.74) is 1.18. The number of benzene rings is 1. The topological polar surface area (TPSA) is 72.2 Å². The number of nitrogens with zero attached hydrogens (tertiary/aromatic N) is 2. The predicted octanol–water partition coefficient (Wildman–Crippen LogP) is 2.25. The first-order valence-corrected chi connectivity index (χ1v) is 9.40. The minimum absolute atomic E-state index is 0.318. The second-order valence-corrected chi connectivity index (χ2v) is 7.94. The molecule has 0 amide bonds. The molecule has 0 bridgehead atoms. The van der Waals surface area contributed by atoms with Gasteiger partial charge in [-0.3, -0.25) is 0 Å². The molecule has 120 valence electrons. The fourth-order valence-electron chi connectivity index (χ4n) is 2.27. The van der Waals surface area contributed by atoms with E-state index < -0.39 is 15.9 Å². The van der Waals surface area contributed by atoms with Gasteiger partial charge in [-0.2, -0.15) is 0 Å². The van der Waals surface area contributed by atoms with Crippen LogP contribution in [-0.2, 0) is 22.8 Å². The Balaban J connectivity index is 1.94. The van der Waals surface area contributed by atoms with Crippen LogP contribution in [-0.4, -0.2) is 35.1 Å². The highest BCUT2D eigenvalue weighted by Crippen LogP contribution is 2.15. The molecule has 1 atom stereocenters. The van der Waals surface area contributed by atoms with Gasteiger partial charge in [0.2, 0.25) is 0 Å². The number of hydrogen-bond acceptors (Lipinski definition) is 4. The molecule has 22 heavy (non-hydrogen) atoms. The Morgan fingerprint density at radius 3 is 2.64 bits per heavy atom. The van der Waals surface area contributed by atoms with Crippen LogP contribution in [0.15, 0.2) is 36.7 Å². The van der Waals surface area contributed by atoms with Crippen molar-refractivity contribution in [1.29, 1.82) is 0 Å². The van der Waals surface area contributed by atoms with Crippen molar-refractivity contribution in [2.45, 2.75) is 25.5 Å². The molecule has 1 N–H and O–H groups in total. The molecule has 0 spiro atoms. The zero-order chi connectivity index (χ0) is 16.2. The van der Waals surface area contributed by atoms with Crippen LogP contribution < -0.4 is 0 Å². The quantitative estimate of drug-likeness (QED) is 0.837. The minimum Gasteiger partial charge on any atom is -0.384 e. The Morgan fingerprint density at radius 2 is 2.00 bits per heavy atom. The molecule has 5 nitrogen and oxygen atoms in total. The zero-order valence-electron chi connectivity index (χ0n) is 12.3. The summed E-state index contributed by atoms with van der Waals surface area (Å²) < 4.78 is 24.3. The largest absolute Gasteiger partial charge is 0.384 e. The van der Waals surface area contributed by atoms with Crippen LogP contribution in [0.3, 0.4) is 0 Å². The van der Waals surface area contributed by atoms with Gasteiger partial charge in [-0.05, 0) is 30.5 Å². The van der Waals surface area contributed by atoms with Gasteiger partial charge in [0, 0.05) is 30.2 Å². The third-order valence-electron chi connectivity index (χ3n) is 3.28. The molecule has 0 aliphatic carbocycles. The number of imidazole rings is 1. The summed E-state index contributed by atoms with van der Waals surface area (Å²) >= 11 is 5.85. The van der Waals surface area contributed by atoms with E-state index in [1.165, 1.54) is 5.56 Å². The van der Waals surface area contributed by atoms with Crippen molar-refractivity contribution in [1.82, 2.24) is 9.55 Å². The molecule has 0 aliphatic rings. The highest BCUT2D eigenvalue weighted by atomic mass is 35.5. The average Bonchev–Trinajstić information content (AvgIpc) is 2.88. The molecule has 0 fully saturated rings. The number of hydrogen-bond donors (Lipinski definition) is 1. The first-order valence-electron chi connectivity index (χ1n) is 6.96. The van der Waals surface area contributed by atoms with Gasteiger partial charge in [0.15, 0.2) is 0 Å². The summed E-state index contributed by atoms with van der Waals surface area (Å²) in [5, 5.41) is 10.7. The molecular weight excluding hydrogens is 324 g/mol. The van der Waals surface area contributed by atoms with Crippen LogP contribution in [0, 0.1) is 0 Å². The second kappa shape index (κ2) is 7.26. The molecule has 1 heterocycles. The number of aryl methyl sites for hydroxylation is 2. The van der Waals surface area contributed by atoms with Gasteiger partial charge in [-0.1, -0.05) is 23.7 Å². The van der Waals surface area contributed by atoms with E-state index in [0.717, 1.165) is 19.1 Å². The number of rotatable bonds is 7. The van der Waals surface area contributed by atoms with Gasteiger partial charge in [0.05, 0.1) is 5.75 Å². The molecule has 2 rings (SSSR count). The Kier molecular flexibility index (Phi) is 5.61.